The van der Waals surface area contributed by atoms with Crippen LogP contribution in [0.3, 0.4) is 0 Å². The standard InChI is InChI=1S/C14H11ClN2O2/c15-12-6-4-11(5-7-12)14(19)17-16-9-10-2-1-3-13(18)8-10/h1-9,18H,(H,17,19)/b16-9+. The molecule has 2 rings (SSSR count). The van der Waals surface area contributed by atoms with Crippen LogP contribution in [-0.2, 0) is 0 Å². The molecule has 0 aliphatic carbocycles. The molecule has 1 amide bonds. The van der Waals surface area contributed by atoms with Crippen LogP contribution in [0.4, 0.5) is 0 Å². The molecule has 0 aliphatic rings. The van der Waals surface area contributed by atoms with Crippen molar-refractivity contribution < 1.29 is 9.90 Å². The van der Waals surface area contributed by atoms with Crippen molar-refractivity contribution >= 4 is 23.7 Å². The summed E-state index contributed by atoms with van der Waals surface area (Å²) in [5, 5.41) is 13.6. The number of carbonyl (C=O) groups excluding carboxylic acids is 1. The number of hydrogen-bond donors (Lipinski definition) is 2. The number of aromatic hydroxyl groups is 1. The number of hydrazone groups is 1. The summed E-state index contributed by atoms with van der Waals surface area (Å²) < 4.78 is 0. The molecule has 0 fully saturated rings. The monoisotopic (exact) mass is 274 g/mol. The Hall–Kier alpha value is -2.33. The van der Waals surface area contributed by atoms with Gasteiger partial charge in [0.05, 0.1) is 6.21 Å². The van der Waals surface area contributed by atoms with Gasteiger partial charge < -0.3 is 5.11 Å². The molecule has 0 atom stereocenters. The molecular formula is C14H11ClN2O2. The quantitative estimate of drug-likeness (QED) is 0.668. The fourth-order valence-corrected chi connectivity index (χ4v) is 1.56. The zero-order valence-corrected chi connectivity index (χ0v) is 10.6. The Morgan fingerprint density at radius 3 is 2.63 bits per heavy atom. The summed E-state index contributed by atoms with van der Waals surface area (Å²) >= 11 is 5.73. The van der Waals surface area contributed by atoms with E-state index >= 15 is 0 Å². The predicted molar refractivity (Wildman–Crippen MR) is 74.6 cm³/mol. The van der Waals surface area contributed by atoms with Gasteiger partial charge in [-0.05, 0) is 42.0 Å². The molecule has 0 aliphatic heterocycles. The van der Waals surface area contributed by atoms with Crippen LogP contribution in [0.5, 0.6) is 5.75 Å². The van der Waals surface area contributed by atoms with Crippen LogP contribution in [0.15, 0.2) is 53.6 Å². The number of nitrogens with zero attached hydrogens (tertiary/aromatic N) is 1. The number of nitrogens with one attached hydrogen (secondary N) is 1. The fourth-order valence-electron chi connectivity index (χ4n) is 1.44. The van der Waals surface area contributed by atoms with E-state index in [-0.39, 0.29) is 11.7 Å². The van der Waals surface area contributed by atoms with Crippen LogP contribution in [0.1, 0.15) is 15.9 Å². The van der Waals surface area contributed by atoms with Crippen molar-refractivity contribution in [2.24, 2.45) is 5.10 Å². The molecule has 0 radical (unpaired) electrons. The second-order valence-electron chi connectivity index (χ2n) is 3.80. The molecular weight excluding hydrogens is 264 g/mol. The van der Waals surface area contributed by atoms with E-state index in [0.29, 0.717) is 16.1 Å². The number of carbonyl (C=O) groups is 1. The molecule has 2 aromatic rings. The van der Waals surface area contributed by atoms with Gasteiger partial charge in [0.1, 0.15) is 5.75 Å². The molecule has 0 saturated carbocycles. The van der Waals surface area contributed by atoms with Gasteiger partial charge >= 0.3 is 0 Å². The Balaban J connectivity index is 1.98. The first kappa shape index (κ1) is 13.1. The van der Waals surface area contributed by atoms with E-state index in [1.165, 1.54) is 12.3 Å². The molecule has 5 heteroatoms. The minimum Gasteiger partial charge on any atom is -0.508 e. The summed E-state index contributed by atoms with van der Waals surface area (Å²) in [6.45, 7) is 0. The summed E-state index contributed by atoms with van der Waals surface area (Å²) in [4.78, 5) is 11.7. The van der Waals surface area contributed by atoms with Crippen molar-refractivity contribution in [3.05, 3.63) is 64.7 Å². The highest BCUT2D eigenvalue weighted by Gasteiger charge is 2.02. The Morgan fingerprint density at radius 1 is 1.21 bits per heavy atom. The highest BCUT2D eigenvalue weighted by atomic mass is 35.5. The van der Waals surface area contributed by atoms with Crippen molar-refractivity contribution in [2.45, 2.75) is 0 Å². The number of phenolic OH excluding ortho intramolecular Hbond substituents is 1. The first-order valence-corrected chi connectivity index (χ1v) is 5.91. The lowest BCUT2D eigenvalue weighted by molar-refractivity contribution is 0.0955. The number of benzene rings is 2. The third-order valence-electron chi connectivity index (χ3n) is 2.36. The van der Waals surface area contributed by atoms with Gasteiger partial charge in [0, 0.05) is 10.6 Å². The maximum Gasteiger partial charge on any atom is 0.271 e. The van der Waals surface area contributed by atoms with E-state index in [4.69, 9.17) is 11.6 Å². The number of amides is 1. The van der Waals surface area contributed by atoms with Crippen molar-refractivity contribution in [2.75, 3.05) is 0 Å². The molecule has 4 nitrogen and oxygen atoms in total. The molecule has 2 aromatic carbocycles. The smallest absolute Gasteiger partial charge is 0.271 e. The van der Waals surface area contributed by atoms with Gasteiger partial charge in [0.15, 0.2) is 0 Å². The molecule has 0 bridgehead atoms. The summed E-state index contributed by atoms with van der Waals surface area (Å²) in [6.07, 6.45) is 1.45. The molecule has 0 spiro atoms. The third-order valence-corrected chi connectivity index (χ3v) is 2.61. The van der Waals surface area contributed by atoms with E-state index in [1.54, 1.807) is 42.5 Å². The molecule has 2 N–H and O–H groups in total. The second-order valence-corrected chi connectivity index (χ2v) is 4.24. The Bertz CT molecular complexity index is 609. The fraction of sp³-hybridized carbons (Fsp3) is 0. The number of hydrogen-bond acceptors (Lipinski definition) is 3. The molecule has 19 heavy (non-hydrogen) atoms. The predicted octanol–water partition coefficient (Wildman–Crippen LogP) is 2.81. The van der Waals surface area contributed by atoms with E-state index in [1.807, 2.05) is 0 Å². The normalized spacial score (nSPS) is 10.6. The lowest BCUT2D eigenvalue weighted by atomic mass is 10.2. The maximum atomic E-state index is 11.7. The van der Waals surface area contributed by atoms with Crippen LogP contribution in [0, 0.1) is 0 Å². The zero-order chi connectivity index (χ0) is 13.7. The third kappa shape index (κ3) is 3.82. The van der Waals surface area contributed by atoms with Crippen LogP contribution in [0.2, 0.25) is 5.02 Å². The summed E-state index contributed by atoms with van der Waals surface area (Å²) in [6, 6.07) is 13.0. The minimum absolute atomic E-state index is 0.146. The van der Waals surface area contributed by atoms with Gasteiger partial charge in [0.2, 0.25) is 0 Å². The van der Waals surface area contributed by atoms with Crippen LogP contribution < -0.4 is 5.43 Å². The summed E-state index contributed by atoms with van der Waals surface area (Å²) in [5.74, 6) is -0.180. The van der Waals surface area contributed by atoms with Gasteiger partial charge in [-0.25, -0.2) is 5.43 Å². The Labute approximate surface area is 115 Å². The van der Waals surface area contributed by atoms with Gasteiger partial charge in [-0.3, -0.25) is 4.79 Å². The van der Waals surface area contributed by atoms with E-state index < -0.39 is 0 Å². The van der Waals surface area contributed by atoms with E-state index in [9.17, 15) is 9.90 Å². The van der Waals surface area contributed by atoms with E-state index in [0.717, 1.165) is 0 Å². The van der Waals surface area contributed by atoms with E-state index in [2.05, 4.69) is 10.5 Å². The second kappa shape index (κ2) is 6.02. The van der Waals surface area contributed by atoms with Crippen molar-refractivity contribution in [3.63, 3.8) is 0 Å². The molecule has 0 saturated heterocycles. The van der Waals surface area contributed by atoms with Crippen LogP contribution in [0.25, 0.3) is 0 Å². The van der Waals surface area contributed by atoms with Gasteiger partial charge in [0.25, 0.3) is 5.91 Å². The molecule has 0 unspecified atom stereocenters. The number of phenols is 1. The Morgan fingerprint density at radius 2 is 1.95 bits per heavy atom. The summed E-state index contributed by atoms with van der Waals surface area (Å²) in [7, 11) is 0. The molecule has 96 valence electrons. The van der Waals surface area contributed by atoms with Crippen LogP contribution in [-0.4, -0.2) is 17.2 Å². The highest BCUT2D eigenvalue weighted by Crippen LogP contribution is 2.10. The average molecular weight is 275 g/mol. The highest BCUT2D eigenvalue weighted by molar-refractivity contribution is 6.30. The van der Waals surface area contributed by atoms with Gasteiger partial charge in [-0.2, -0.15) is 5.10 Å². The number of halogens is 1. The van der Waals surface area contributed by atoms with Crippen molar-refractivity contribution in [1.82, 2.24) is 5.43 Å². The SMILES string of the molecule is O=C(N/N=C/c1cccc(O)c1)c1ccc(Cl)cc1. The lowest BCUT2D eigenvalue weighted by Crippen LogP contribution is -2.17. The van der Waals surface area contributed by atoms with Crippen molar-refractivity contribution in [3.8, 4) is 5.75 Å². The topological polar surface area (TPSA) is 61.7 Å². The average Bonchev–Trinajstić information content (AvgIpc) is 2.39. The molecule has 0 heterocycles. The van der Waals surface area contributed by atoms with Gasteiger partial charge in [-0.1, -0.05) is 23.7 Å². The van der Waals surface area contributed by atoms with Crippen LogP contribution >= 0.6 is 11.6 Å². The summed E-state index contributed by atoms with van der Waals surface area (Å²) in [5.41, 5.74) is 3.55. The Kier molecular flexibility index (Phi) is 4.15. The maximum absolute atomic E-state index is 11.7. The minimum atomic E-state index is -0.326. The first-order valence-electron chi connectivity index (χ1n) is 5.53. The van der Waals surface area contributed by atoms with Gasteiger partial charge in [-0.15, -0.1) is 0 Å². The zero-order valence-electron chi connectivity index (χ0n) is 9.88. The number of rotatable bonds is 3. The van der Waals surface area contributed by atoms with Crippen molar-refractivity contribution in [1.29, 1.82) is 0 Å². The molecule has 0 aromatic heterocycles. The first-order chi connectivity index (χ1) is 9.15. The largest absolute Gasteiger partial charge is 0.508 e. The lowest BCUT2D eigenvalue weighted by Gasteiger charge is -1.99.